The Morgan fingerprint density at radius 1 is 1.26 bits per heavy atom. The molecule has 1 aromatic carbocycles. The molecule has 0 bridgehead atoms. The molecule has 6 heteroatoms. The van der Waals surface area contributed by atoms with Gasteiger partial charge in [0.2, 0.25) is 0 Å². The van der Waals surface area contributed by atoms with Gasteiger partial charge >= 0.3 is 6.18 Å². The molecule has 0 radical (unpaired) electrons. The van der Waals surface area contributed by atoms with Gasteiger partial charge in [0.15, 0.2) is 0 Å². The van der Waals surface area contributed by atoms with Crippen LogP contribution in [0.15, 0.2) is 18.2 Å². The van der Waals surface area contributed by atoms with Crippen LogP contribution in [0.4, 0.5) is 18.9 Å². The number of anilines is 1. The molecule has 1 aromatic rings. The number of hydrogen-bond acceptors (Lipinski definition) is 2. The first kappa shape index (κ1) is 13.7. The average Bonchev–Trinajstić information content (AvgIpc) is 2.90. The lowest BCUT2D eigenvalue weighted by molar-refractivity contribution is -0.137. The van der Waals surface area contributed by atoms with Gasteiger partial charge in [-0.05, 0) is 31.0 Å². The van der Waals surface area contributed by atoms with Gasteiger partial charge in [0.1, 0.15) is 0 Å². The molecule has 1 aliphatic rings. The number of rotatable bonds is 2. The molecule has 0 saturated carbocycles. The molecule has 1 fully saturated rings. The maximum atomic E-state index is 12.7. The van der Waals surface area contributed by atoms with Gasteiger partial charge in [0, 0.05) is 25.8 Å². The number of nitrogens with one attached hydrogen (secondary N) is 1. The highest BCUT2D eigenvalue weighted by atomic mass is 19.4. The number of amides is 1. The predicted octanol–water partition coefficient (Wildman–Crippen LogP) is 2.98. The number of nitrogens with zero attached hydrogens (tertiary/aromatic N) is 1. The lowest BCUT2D eigenvalue weighted by Gasteiger charge is -2.19. The van der Waals surface area contributed by atoms with Crippen molar-refractivity contribution in [2.45, 2.75) is 19.0 Å². The summed E-state index contributed by atoms with van der Waals surface area (Å²) in [5, 5.41) is 2.76. The zero-order chi connectivity index (χ0) is 14.0. The topological polar surface area (TPSA) is 32.3 Å². The van der Waals surface area contributed by atoms with Crippen molar-refractivity contribution in [3.8, 4) is 0 Å². The van der Waals surface area contributed by atoms with Crippen molar-refractivity contribution in [2.75, 3.05) is 25.5 Å². The summed E-state index contributed by atoms with van der Waals surface area (Å²) in [6.07, 6.45) is -2.63. The fourth-order valence-electron chi connectivity index (χ4n) is 2.21. The summed E-state index contributed by atoms with van der Waals surface area (Å²) in [4.78, 5) is 13.8. The van der Waals surface area contributed by atoms with Crippen LogP contribution in [-0.4, -0.2) is 30.9 Å². The smallest absolute Gasteiger partial charge is 0.387 e. The Kier molecular flexibility index (Phi) is 3.68. The number of carbonyl (C=O) groups is 1. The van der Waals surface area contributed by atoms with Crippen molar-refractivity contribution in [1.29, 1.82) is 0 Å². The van der Waals surface area contributed by atoms with Crippen molar-refractivity contribution in [1.82, 2.24) is 4.90 Å². The van der Waals surface area contributed by atoms with Crippen LogP contribution in [-0.2, 0) is 6.18 Å². The maximum Gasteiger partial charge on any atom is 0.416 e. The molecule has 104 valence electrons. The lowest BCUT2D eigenvalue weighted by Crippen LogP contribution is -2.28. The second kappa shape index (κ2) is 5.11. The molecule has 2 rings (SSSR count). The zero-order valence-electron chi connectivity index (χ0n) is 10.5. The van der Waals surface area contributed by atoms with Crippen molar-refractivity contribution in [3.05, 3.63) is 29.3 Å². The summed E-state index contributed by atoms with van der Waals surface area (Å²) in [6.45, 7) is 1.22. The number of hydrogen-bond donors (Lipinski definition) is 1. The Morgan fingerprint density at radius 2 is 1.89 bits per heavy atom. The number of halogens is 3. The van der Waals surface area contributed by atoms with E-state index >= 15 is 0 Å². The molecule has 0 aliphatic carbocycles. The van der Waals surface area contributed by atoms with Gasteiger partial charge in [-0.15, -0.1) is 0 Å². The molecular weight excluding hydrogens is 257 g/mol. The molecule has 1 saturated heterocycles. The molecule has 0 aromatic heterocycles. The van der Waals surface area contributed by atoms with Gasteiger partial charge in [-0.3, -0.25) is 4.79 Å². The van der Waals surface area contributed by atoms with Gasteiger partial charge in [-0.25, -0.2) is 0 Å². The minimum absolute atomic E-state index is 0.0826. The summed E-state index contributed by atoms with van der Waals surface area (Å²) in [6, 6.07) is 3.20. The minimum atomic E-state index is -4.44. The minimum Gasteiger partial charge on any atom is -0.387 e. The summed E-state index contributed by atoms with van der Waals surface area (Å²) >= 11 is 0. The second-order valence-electron chi connectivity index (χ2n) is 4.51. The van der Waals surface area contributed by atoms with E-state index in [1.807, 2.05) is 0 Å². The van der Waals surface area contributed by atoms with Crippen LogP contribution >= 0.6 is 0 Å². The molecule has 0 atom stereocenters. The predicted molar refractivity (Wildman–Crippen MR) is 66.1 cm³/mol. The first-order valence-corrected chi connectivity index (χ1v) is 6.12. The van der Waals surface area contributed by atoms with E-state index in [1.165, 1.54) is 6.07 Å². The third kappa shape index (κ3) is 2.83. The zero-order valence-corrected chi connectivity index (χ0v) is 10.5. The maximum absolute atomic E-state index is 12.7. The third-order valence-corrected chi connectivity index (χ3v) is 3.24. The summed E-state index contributed by atoms with van der Waals surface area (Å²) < 4.78 is 38.1. The van der Waals surface area contributed by atoms with Gasteiger partial charge in [-0.2, -0.15) is 13.2 Å². The van der Waals surface area contributed by atoms with E-state index in [0.717, 1.165) is 25.0 Å². The fourth-order valence-corrected chi connectivity index (χ4v) is 2.21. The number of carbonyl (C=O) groups excluding carboxylic acids is 1. The summed E-state index contributed by atoms with van der Waals surface area (Å²) in [5.74, 6) is -0.340. The first-order chi connectivity index (χ1) is 8.93. The normalized spacial score (nSPS) is 15.7. The number of alkyl halides is 3. The molecular formula is C13H15F3N2O. The standard InChI is InChI=1S/C13H15F3N2O/c1-17-11-5-4-9(13(14,15)16)8-10(11)12(19)18-6-2-3-7-18/h4-5,8,17H,2-3,6-7H2,1H3. The van der Waals surface area contributed by atoms with Crippen molar-refractivity contribution >= 4 is 11.6 Å². The highest BCUT2D eigenvalue weighted by Crippen LogP contribution is 2.32. The van der Waals surface area contributed by atoms with Crippen LogP contribution in [0.3, 0.4) is 0 Å². The SMILES string of the molecule is CNc1ccc(C(F)(F)F)cc1C(=O)N1CCCC1. The Hall–Kier alpha value is -1.72. The molecule has 1 N–H and O–H groups in total. The summed E-state index contributed by atoms with van der Waals surface area (Å²) in [5.41, 5.74) is -0.293. The third-order valence-electron chi connectivity index (χ3n) is 3.24. The molecule has 1 aliphatic heterocycles. The lowest BCUT2D eigenvalue weighted by atomic mass is 10.1. The second-order valence-corrected chi connectivity index (χ2v) is 4.51. The van der Waals surface area contributed by atoms with Crippen molar-refractivity contribution in [3.63, 3.8) is 0 Å². The molecule has 0 spiro atoms. The van der Waals surface area contributed by atoms with Crippen LogP contribution in [0.5, 0.6) is 0 Å². The van der Waals surface area contributed by atoms with Crippen LogP contribution in [0.25, 0.3) is 0 Å². The van der Waals surface area contributed by atoms with E-state index in [4.69, 9.17) is 0 Å². The van der Waals surface area contributed by atoms with Gasteiger partial charge in [0.05, 0.1) is 11.1 Å². The number of benzene rings is 1. The fraction of sp³-hybridized carbons (Fsp3) is 0.462. The van der Waals surface area contributed by atoms with Gasteiger partial charge in [-0.1, -0.05) is 0 Å². The first-order valence-electron chi connectivity index (χ1n) is 6.12. The van der Waals surface area contributed by atoms with Crippen molar-refractivity contribution < 1.29 is 18.0 Å². The summed E-state index contributed by atoms with van der Waals surface area (Å²) in [7, 11) is 1.59. The molecule has 19 heavy (non-hydrogen) atoms. The Labute approximate surface area is 109 Å². The van der Waals surface area contributed by atoms with E-state index in [9.17, 15) is 18.0 Å². The van der Waals surface area contributed by atoms with Gasteiger partial charge < -0.3 is 10.2 Å². The van der Waals surface area contributed by atoms with Crippen LogP contribution in [0.1, 0.15) is 28.8 Å². The van der Waals surface area contributed by atoms with E-state index in [-0.39, 0.29) is 11.5 Å². The van der Waals surface area contributed by atoms with Crippen LogP contribution < -0.4 is 5.32 Å². The quantitative estimate of drug-likeness (QED) is 0.897. The van der Waals surface area contributed by atoms with E-state index in [2.05, 4.69) is 5.32 Å². The average molecular weight is 272 g/mol. The molecule has 3 nitrogen and oxygen atoms in total. The van der Waals surface area contributed by atoms with Gasteiger partial charge in [0.25, 0.3) is 5.91 Å². The largest absolute Gasteiger partial charge is 0.416 e. The Bertz CT molecular complexity index is 479. The van der Waals surface area contributed by atoms with E-state index in [1.54, 1.807) is 11.9 Å². The Balaban J connectivity index is 2.38. The van der Waals surface area contributed by atoms with Crippen LogP contribution in [0.2, 0.25) is 0 Å². The Morgan fingerprint density at radius 3 is 2.42 bits per heavy atom. The highest BCUT2D eigenvalue weighted by Gasteiger charge is 2.32. The van der Waals surface area contributed by atoms with Crippen LogP contribution in [0, 0.1) is 0 Å². The molecule has 0 unspecified atom stereocenters. The van der Waals surface area contributed by atoms with Crippen molar-refractivity contribution in [2.24, 2.45) is 0 Å². The highest BCUT2D eigenvalue weighted by molar-refractivity contribution is 6.00. The number of likely N-dealkylation sites (tertiary alicyclic amines) is 1. The van der Waals surface area contributed by atoms with E-state index < -0.39 is 11.7 Å². The molecule has 1 amide bonds. The monoisotopic (exact) mass is 272 g/mol. The van der Waals surface area contributed by atoms with E-state index in [0.29, 0.717) is 18.8 Å². The molecule has 1 heterocycles.